The van der Waals surface area contributed by atoms with Crippen molar-refractivity contribution in [2.45, 2.75) is 13.0 Å². The van der Waals surface area contributed by atoms with Crippen molar-refractivity contribution in [3.63, 3.8) is 0 Å². The average molecular weight is 253 g/mol. The number of aromatic amines is 1. The monoisotopic (exact) mass is 253 g/mol. The first kappa shape index (κ1) is 11.8. The fraction of sp³-hybridized carbons (Fsp3) is 0.214. The molecule has 0 amide bonds. The van der Waals surface area contributed by atoms with Crippen LogP contribution in [0.3, 0.4) is 0 Å². The van der Waals surface area contributed by atoms with Crippen molar-refractivity contribution in [1.82, 2.24) is 25.3 Å². The van der Waals surface area contributed by atoms with Gasteiger partial charge in [0.15, 0.2) is 5.65 Å². The van der Waals surface area contributed by atoms with Crippen molar-refractivity contribution in [2.75, 3.05) is 6.54 Å². The van der Waals surface area contributed by atoms with E-state index in [2.05, 4.69) is 49.5 Å². The summed E-state index contributed by atoms with van der Waals surface area (Å²) in [7, 11) is 0. The number of aromatic nitrogens is 4. The summed E-state index contributed by atoms with van der Waals surface area (Å²) in [6.07, 6.45) is 4.07. The molecule has 0 aliphatic carbocycles. The molecule has 2 N–H and O–H groups in total. The number of rotatable bonds is 5. The lowest BCUT2D eigenvalue weighted by Gasteiger charge is -2.05. The van der Waals surface area contributed by atoms with Crippen molar-refractivity contribution in [3.8, 4) is 0 Å². The Labute approximate surface area is 111 Å². The maximum absolute atomic E-state index is 4.30. The molecule has 0 saturated heterocycles. The second kappa shape index (κ2) is 5.58. The standard InChI is InChI=1S/C14H15N5/c1-2-4-11(5-3-1)8-15-7-6-12-13-14(18-9-16-12)19-10-17-13/h1-5,9-10,15H,6-8H2,(H,16,17,18,19). The van der Waals surface area contributed by atoms with Crippen molar-refractivity contribution in [2.24, 2.45) is 0 Å². The summed E-state index contributed by atoms with van der Waals surface area (Å²) in [6.45, 7) is 1.75. The van der Waals surface area contributed by atoms with Gasteiger partial charge in [-0.05, 0) is 5.56 Å². The molecule has 5 heteroatoms. The number of fused-ring (bicyclic) bond motifs is 1. The van der Waals surface area contributed by atoms with Gasteiger partial charge in [-0.25, -0.2) is 15.0 Å². The molecule has 0 bridgehead atoms. The van der Waals surface area contributed by atoms with Gasteiger partial charge in [0.25, 0.3) is 0 Å². The number of nitrogens with zero attached hydrogens (tertiary/aromatic N) is 3. The molecule has 0 radical (unpaired) electrons. The van der Waals surface area contributed by atoms with Crippen LogP contribution in [-0.4, -0.2) is 26.5 Å². The maximum atomic E-state index is 4.30. The SMILES string of the molecule is c1ccc(CNCCc2ncnc3nc[nH]c23)cc1. The van der Waals surface area contributed by atoms with E-state index in [1.165, 1.54) is 5.56 Å². The number of hydrogen-bond acceptors (Lipinski definition) is 4. The summed E-state index contributed by atoms with van der Waals surface area (Å²) >= 11 is 0. The van der Waals surface area contributed by atoms with Crippen LogP contribution in [0.5, 0.6) is 0 Å². The van der Waals surface area contributed by atoms with Gasteiger partial charge in [0.2, 0.25) is 0 Å². The van der Waals surface area contributed by atoms with Gasteiger partial charge in [0, 0.05) is 19.5 Å². The summed E-state index contributed by atoms with van der Waals surface area (Å²) in [5, 5.41) is 3.41. The quantitative estimate of drug-likeness (QED) is 0.679. The van der Waals surface area contributed by atoms with Gasteiger partial charge < -0.3 is 10.3 Å². The van der Waals surface area contributed by atoms with Crippen LogP contribution in [0.4, 0.5) is 0 Å². The predicted octanol–water partition coefficient (Wildman–Crippen LogP) is 1.69. The van der Waals surface area contributed by atoms with E-state index in [0.29, 0.717) is 0 Å². The Balaban J connectivity index is 1.57. The number of imidazole rings is 1. The average Bonchev–Trinajstić information content (AvgIpc) is 2.94. The van der Waals surface area contributed by atoms with Crippen molar-refractivity contribution < 1.29 is 0 Å². The van der Waals surface area contributed by atoms with Crippen LogP contribution < -0.4 is 5.32 Å². The lowest BCUT2D eigenvalue weighted by molar-refractivity contribution is 0.681. The van der Waals surface area contributed by atoms with E-state index in [9.17, 15) is 0 Å². The molecule has 1 aromatic carbocycles. The third-order valence-corrected chi connectivity index (χ3v) is 3.01. The molecule has 0 atom stereocenters. The van der Waals surface area contributed by atoms with E-state index in [0.717, 1.165) is 36.4 Å². The molecule has 0 unspecified atom stereocenters. The van der Waals surface area contributed by atoms with Gasteiger partial charge in [-0.15, -0.1) is 0 Å². The molecule has 3 aromatic rings. The lowest BCUT2D eigenvalue weighted by atomic mass is 10.2. The van der Waals surface area contributed by atoms with Gasteiger partial charge in [0.1, 0.15) is 11.8 Å². The first-order valence-corrected chi connectivity index (χ1v) is 6.31. The topological polar surface area (TPSA) is 66.5 Å². The summed E-state index contributed by atoms with van der Waals surface area (Å²) in [5.74, 6) is 0. The highest BCUT2D eigenvalue weighted by Crippen LogP contribution is 2.09. The van der Waals surface area contributed by atoms with Crippen LogP contribution in [0.25, 0.3) is 11.2 Å². The minimum Gasteiger partial charge on any atom is -0.342 e. The van der Waals surface area contributed by atoms with Gasteiger partial charge in [-0.1, -0.05) is 30.3 Å². The van der Waals surface area contributed by atoms with Crippen molar-refractivity contribution in [3.05, 3.63) is 54.2 Å². The van der Waals surface area contributed by atoms with Gasteiger partial charge in [-0.3, -0.25) is 0 Å². The van der Waals surface area contributed by atoms with Crippen molar-refractivity contribution in [1.29, 1.82) is 0 Å². The number of benzene rings is 1. The molecule has 0 saturated carbocycles. The Morgan fingerprint density at radius 3 is 2.84 bits per heavy atom. The Bertz CT molecular complexity index is 647. The molecule has 0 spiro atoms. The summed E-state index contributed by atoms with van der Waals surface area (Å²) < 4.78 is 0. The van der Waals surface area contributed by atoms with E-state index in [-0.39, 0.29) is 0 Å². The minimum absolute atomic E-state index is 0.730. The zero-order chi connectivity index (χ0) is 12.9. The fourth-order valence-corrected chi connectivity index (χ4v) is 2.04. The van der Waals surface area contributed by atoms with Gasteiger partial charge in [-0.2, -0.15) is 0 Å². The third kappa shape index (κ3) is 2.77. The highest BCUT2D eigenvalue weighted by molar-refractivity contribution is 5.71. The number of hydrogen-bond donors (Lipinski definition) is 2. The molecule has 0 aliphatic heterocycles. The molecular weight excluding hydrogens is 238 g/mol. The molecular formula is C14H15N5. The van der Waals surface area contributed by atoms with Crippen LogP contribution in [-0.2, 0) is 13.0 Å². The third-order valence-electron chi connectivity index (χ3n) is 3.01. The zero-order valence-corrected chi connectivity index (χ0v) is 10.5. The van der Waals surface area contributed by atoms with E-state index >= 15 is 0 Å². The molecule has 19 heavy (non-hydrogen) atoms. The smallest absolute Gasteiger partial charge is 0.180 e. The second-order valence-corrected chi connectivity index (χ2v) is 4.33. The largest absolute Gasteiger partial charge is 0.342 e. The Morgan fingerprint density at radius 2 is 1.95 bits per heavy atom. The Hall–Kier alpha value is -2.27. The van der Waals surface area contributed by atoms with E-state index in [1.54, 1.807) is 12.7 Å². The number of H-pyrrole nitrogens is 1. The highest BCUT2D eigenvalue weighted by atomic mass is 15.0. The Morgan fingerprint density at radius 1 is 1.05 bits per heavy atom. The summed E-state index contributed by atoms with van der Waals surface area (Å²) in [6, 6.07) is 10.4. The van der Waals surface area contributed by atoms with Crippen molar-refractivity contribution >= 4 is 11.2 Å². The summed E-state index contributed by atoms with van der Waals surface area (Å²) in [5.41, 5.74) is 3.96. The van der Waals surface area contributed by atoms with Gasteiger partial charge in [0.05, 0.1) is 12.0 Å². The molecule has 0 fully saturated rings. The van der Waals surface area contributed by atoms with Crippen LogP contribution in [0, 0.1) is 0 Å². The minimum atomic E-state index is 0.730. The molecule has 96 valence electrons. The zero-order valence-electron chi connectivity index (χ0n) is 10.5. The second-order valence-electron chi connectivity index (χ2n) is 4.33. The van der Waals surface area contributed by atoms with Crippen LogP contribution in [0.2, 0.25) is 0 Å². The Kier molecular flexibility index (Phi) is 3.47. The highest BCUT2D eigenvalue weighted by Gasteiger charge is 2.04. The molecule has 0 aliphatic rings. The van der Waals surface area contributed by atoms with Crippen LogP contribution in [0.1, 0.15) is 11.3 Å². The first-order chi connectivity index (χ1) is 9.43. The maximum Gasteiger partial charge on any atom is 0.180 e. The fourth-order valence-electron chi connectivity index (χ4n) is 2.04. The lowest BCUT2D eigenvalue weighted by Crippen LogP contribution is -2.17. The van der Waals surface area contributed by atoms with E-state index < -0.39 is 0 Å². The normalized spacial score (nSPS) is 10.9. The van der Waals surface area contributed by atoms with Crippen LogP contribution in [0.15, 0.2) is 43.0 Å². The van der Waals surface area contributed by atoms with E-state index in [1.807, 2.05) is 6.07 Å². The van der Waals surface area contributed by atoms with Crippen LogP contribution >= 0.6 is 0 Å². The summed E-state index contributed by atoms with van der Waals surface area (Å²) in [4.78, 5) is 15.6. The molecule has 2 aromatic heterocycles. The predicted molar refractivity (Wildman–Crippen MR) is 73.5 cm³/mol. The molecule has 3 rings (SSSR count). The van der Waals surface area contributed by atoms with Gasteiger partial charge >= 0.3 is 0 Å². The van der Waals surface area contributed by atoms with E-state index in [4.69, 9.17) is 0 Å². The number of nitrogens with one attached hydrogen (secondary N) is 2. The molecule has 5 nitrogen and oxygen atoms in total. The first-order valence-electron chi connectivity index (χ1n) is 6.31. The molecule has 2 heterocycles.